The normalized spacial score (nSPS) is 13.3. The van der Waals surface area contributed by atoms with Crippen LogP contribution >= 0.6 is 11.8 Å². The van der Waals surface area contributed by atoms with E-state index in [0.29, 0.717) is 46.3 Å². The molecule has 0 unspecified atom stereocenters. The quantitative estimate of drug-likeness (QED) is 0.104. The Hall–Kier alpha value is -4.26. The minimum atomic E-state index is -0.348. The van der Waals surface area contributed by atoms with Gasteiger partial charge in [-0.25, -0.2) is 4.79 Å². The number of nitrogens with zero attached hydrogens (tertiary/aromatic N) is 2. The van der Waals surface area contributed by atoms with Gasteiger partial charge in [0, 0.05) is 15.8 Å². The first-order chi connectivity index (χ1) is 21.1. The number of nitriles is 2. The second-order valence-corrected chi connectivity index (χ2v) is 12.3. The van der Waals surface area contributed by atoms with Crippen LogP contribution in [-0.4, -0.2) is 18.3 Å². The van der Waals surface area contributed by atoms with Crippen molar-refractivity contribution in [3.05, 3.63) is 89.0 Å². The van der Waals surface area contributed by atoms with Crippen molar-refractivity contribution in [1.82, 2.24) is 0 Å². The number of carbonyl (C=O) groups is 1. The molecule has 4 aromatic rings. The summed E-state index contributed by atoms with van der Waals surface area (Å²) in [7, 11) is 0. The predicted molar refractivity (Wildman–Crippen MR) is 173 cm³/mol. The van der Waals surface area contributed by atoms with Crippen molar-refractivity contribution < 1.29 is 14.3 Å². The van der Waals surface area contributed by atoms with Crippen molar-refractivity contribution in [3.63, 3.8) is 0 Å². The molecule has 1 aliphatic rings. The zero-order valence-corrected chi connectivity index (χ0v) is 25.6. The summed E-state index contributed by atoms with van der Waals surface area (Å²) in [6.07, 6.45) is 7.66. The Bertz CT molecular complexity index is 1690. The number of ether oxygens (including phenoxy) is 2. The van der Waals surface area contributed by atoms with E-state index in [0.717, 1.165) is 52.7 Å². The lowest BCUT2D eigenvalue weighted by Gasteiger charge is -2.24. The maximum absolute atomic E-state index is 12.5. The summed E-state index contributed by atoms with van der Waals surface area (Å²) in [5.74, 6) is 2.21. The molecule has 1 saturated carbocycles. The Kier molecular flexibility index (Phi) is 10.0. The molecule has 218 valence electrons. The van der Waals surface area contributed by atoms with Gasteiger partial charge < -0.3 is 9.47 Å². The smallest absolute Gasteiger partial charge is 0.338 e. The van der Waals surface area contributed by atoms with E-state index in [1.165, 1.54) is 24.8 Å². The molecule has 0 spiro atoms. The third kappa shape index (κ3) is 6.87. The first-order valence-corrected chi connectivity index (χ1v) is 16.2. The summed E-state index contributed by atoms with van der Waals surface area (Å²) in [5.41, 5.74) is 3.94. The number of esters is 1. The second-order valence-electron chi connectivity index (χ2n) is 10.9. The maximum Gasteiger partial charge on any atom is 0.338 e. The van der Waals surface area contributed by atoms with Gasteiger partial charge in [0.2, 0.25) is 0 Å². The molecule has 43 heavy (non-hydrogen) atoms. The third-order valence-electron chi connectivity index (χ3n) is 8.02. The zero-order chi connectivity index (χ0) is 30.2. The average Bonchev–Trinajstić information content (AvgIpc) is 3.04. The topological polar surface area (TPSA) is 83.1 Å². The third-order valence-corrected chi connectivity index (χ3v) is 8.89. The van der Waals surface area contributed by atoms with Gasteiger partial charge >= 0.3 is 5.97 Å². The number of hydrogen-bond donors (Lipinski definition) is 0. The van der Waals surface area contributed by atoms with Gasteiger partial charge in [-0.1, -0.05) is 57.7 Å². The van der Waals surface area contributed by atoms with Crippen LogP contribution in [0.2, 0.25) is 0 Å². The van der Waals surface area contributed by atoms with Crippen molar-refractivity contribution in [2.24, 2.45) is 0 Å². The van der Waals surface area contributed by atoms with E-state index in [2.05, 4.69) is 50.3 Å². The molecular formula is C37H36N2O3S. The highest BCUT2D eigenvalue weighted by Crippen LogP contribution is 2.45. The molecule has 5 rings (SSSR count). The van der Waals surface area contributed by atoms with Crippen molar-refractivity contribution in [3.8, 4) is 34.8 Å². The molecule has 5 nitrogen and oxygen atoms in total. The number of carbonyl (C=O) groups excluding carboxylic acids is 1. The van der Waals surface area contributed by atoms with Crippen LogP contribution in [0.3, 0.4) is 0 Å². The van der Waals surface area contributed by atoms with E-state index in [9.17, 15) is 15.3 Å². The van der Waals surface area contributed by atoms with Gasteiger partial charge in [-0.3, -0.25) is 0 Å². The van der Waals surface area contributed by atoms with Gasteiger partial charge in [-0.15, -0.1) is 11.8 Å². The number of unbranched alkanes of at least 4 members (excludes halogenated alkanes) is 1. The van der Waals surface area contributed by atoms with Crippen molar-refractivity contribution in [2.45, 2.75) is 69.6 Å². The van der Waals surface area contributed by atoms with E-state index in [-0.39, 0.29) is 5.97 Å². The zero-order valence-electron chi connectivity index (χ0n) is 24.8. The highest BCUT2D eigenvalue weighted by atomic mass is 32.2. The molecule has 0 atom stereocenters. The molecule has 0 radical (unpaired) electrons. The van der Waals surface area contributed by atoms with Crippen LogP contribution in [0.15, 0.2) is 71.6 Å². The lowest BCUT2D eigenvalue weighted by molar-refractivity contribution is 0.0499. The van der Waals surface area contributed by atoms with Crippen molar-refractivity contribution in [2.75, 3.05) is 12.4 Å². The minimum Gasteiger partial charge on any atom is -0.462 e. The highest BCUT2D eigenvalue weighted by Gasteiger charge is 2.23. The van der Waals surface area contributed by atoms with Crippen LogP contribution in [0.1, 0.15) is 91.8 Å². The lowest BCUT2D eigenvalue weighted by atomic mass is 9.82. The number of hydrogen-bond acceptors (Lipinski definition) is 6. The predicted octanol–water partition coefficient (Wildman–Crippen LogP) is 10.2. The second kappa shape index (κ2) is 14.3. The van der Waals surface area contributed by atoms with Crippen molar-refractivity contribution in [1.29, 1.82) is 10.5 Å². The van der Waals surface area contributed by atoms with Gasteiger partial charge in [0.25, 0.3) is 0 Å². The Morgan fingerprint density at radius 2 is 1.74 bits per heavy atom. The molecule has 0 N–H and O–H groups in total. The molecule has 0 aliphatic heterocycles. The Labute approximate surface area is 258 Å². The van der Waals surface area contributed by atoms with E-state index in [1.54, 1.807) is 36.0 Å². The largest absolute Gasteiger partial charge is 0.462 e. The van der Waals surface area contributed by atoms with E-state index >= 15 is 0 Å². The summed E-state index contributed by atoms with van der Waals surface area (Å²) in [4.78, 5) is 13.6. The molecule has 0 aromatic heterocycles. The molecule has 1 fully saturated rings. The average molecular weight is 589 g/mol. The minimum absolute atomic E-state index is 0.342. The Morgan fingerprint density at radius 3 is 2.44 bits per heavy atom. The summed E-state index contributed by atoms with van der Waals surface area (Å²) in [5, 5.41) is 22.1. The Morgan fingerprint density at radius 1 is 0.953 bits per heavy atom. The molecule has 1 aliphatic carbocycles. The fourth-order valence-electron chi connectivity index (χ4n) is 5.86. The van der Waals surface area contributed by atoms with Crippen LogP contribution in [0.4, 0.5) is 0 Å². The lowest BCUT2D eigenvalue weighted by Crippen LogP contribution is -2.06. The van der Waals surface area contributed by atoms with Crippen LogP contribution in [-0.2, 0) is 4.74 Å². The fourth-order valence-corrected chi connectivity index (χ4v) is 6.58. The van der Waals surface area contributed by atoms with Crippen LogP contribution < -0.4 is 4.74 Å². The summed E-state index contributed by atoms with van der Waals surface area (Å²) >= 11 is 1.73. The molecule has 0 amide bonds. The van der Waals surface area contributed by atoms with E-state index in [4.69, 9.17) is 9.47 Å². The first-order valence-electron chi connectivity index (χ1n) is 15.2. The molecule has 0 bridgehead atoms. The van der Waals surface area contributed by atoms with Gasteiger partial charge in [-0.05, 0) is 96.0 Å². The van der Waals surface area contributed by atoms with E-state index < -0.39 is 0 Å². The molecular weight excluding hydrogens is 552 g/mol. The Balaban J connectivity index is 1.67. The van der Waals surface area contributed by atoms with Gasteiger partial charge in [0.1, 0.15) is 23.6 Å². The summed E-state index contributed by atoms with van der Waals surface area (Å²) in [6, 6.07) is 25.9. The monoisotopic (exact) mass is 588 g/mol. The molecule has 0 heterocycles. The molecule has 0 saturated heterocycles. The number of fused-ring (bicyclic) bond motifs is 1. The standard InChI is InChI=1S/C37H36N2O3S/c1-3-5-18-41-37(40)26-14-16-31(17-15-26)42-34-22-28(25-10-7-6-8-11-25)19-29-20-30(23-38)33(24-39)35(36(29)34)27-12-9-13-32(21-27)43-4-2/h9,12-17,19-22,25H,3-8,10-11,18H2,1-2H3. The molecule has 4 aromatic carbocycles. The maximum atomic E-state index is 12.5. The fraction of sp³-hybridized carbons (Fsp3) is 0.324. The summed E-state index contributed by atoms with van der Waals surface area (Å²) in [6.45, 7) is 4.57. The van der Waals surface area contributed by atoms with Crippen molar-refractivity contribution >= 4 is 28.5 Å². The van der Waals surface area contributed by atoms with Crippen LogP contribution in [0.25, 0.3) is 21.9 Å². The number of thioether (sulfide) groups is 1. The molecule has 6 heteroatoms. The van der Waals surface area contributed by atoms with Gasteiger partial charge in [0.05, 0.1) is 23.3 Å². The number of benzene rings is 4. The van der Waals surface area contributed by atoms with Gasteiger partial charge in [0.15, 0.2) is 0 Å². The van der Waals surface area contributed by atoms with Crippen LogP contribution in [0, 0.1) is 22.7 Å². The number of rotatable bonds is 10. The summed E-state index contributed by atoms with van der Waals surface area (Å²) < 4.78 is 12.0. The van der Waals surface area contributed by atoms with Gasteiger partial charge in [-0.2, -0.15) is 10.5 Å². The van der Waals surface area contributed by atoms with E-state index in [1.807, 2.05) is 18.2 Å². The van der Waals surface area contributed by atoms with Crippen LogP contribution in [0.5, 0.6) is 11.5 Å². The SMILES string of the molecule is CCCCOC(=O)c1ccc(Oc2cc(C3CCCCC3)cc3cc(C#N)c(C#N)c(-c4cccc(SCC)c4)c23)cc1. The first kappa shape index (κ1) is 30.2. The highest BCUT2D eigenvalue weighted by molar-refractivity contribution is 7.99.